The minimum Gasteiger partial charge on any atom is -0.340 e. The first kappa shape index (κ1) is 12.7. The van der Waals surface area contributed by atoms with E-state index in [-0.39, 0.29) is 17.9 Å². The van der Waals surface area contributed by atoms with Crippen LogP contribution < -0.4 is 5.32 Å². The summed E-state index contributed by atoms with van der Waals surface area (Å²) in [6.45, 7) is 4.01. The average molecular weight is 310 g/mol. The molecule has 7 heteroatoms. The third-order valence-corrected chi connectivity index (χ3v) is 2.75. The van der Waals surface area contributed by atoms with E-state index in [2.05, 4.69) is 36.4 Å². The van der Waals surface area contributed by atoms with Crippen molar-refractivity contribution in [2.75, 3.05) is 5.32 Å². The second-order valence-corrected chi connectivity index (χ2v) is 4.88. The van der Waals surface area contributed by atoms with Crippen LogP contribution in [0.1, 0.15) is 30.4 Å². The van der Waals surface area contributed by atoms with Gasteiger partial charge in [-0.3, -0.25) is 10.1 Å². The van der Waals surface area contributed by atoms with Crippen LogP contribution in [0.15, 0.2) is 29.1 Å². The smallest absolute Gasteiger partial charge is 0.274 e. The minimum absolute atomic E-state index is 0.187. The largest absolute Gasteiger partial charge is 0.340 e. The Morgan fingerprint density at radius 3 is 2.83 bits per heavy atom. The number of anilines is 1. The Labute approximate surface area is 113 Å². The summed E-state index contributed by atoms with van der Waals surface area (Å²) in [5.41, 5.74) is 0.546. The molecule has 18 heavy (non-hydrogen) atoms. The number of nitrogens with zero attached hydrogens (tertiary/aromatic N) is 4. The average Bonchev–Trinajstić information content (AvgIpc) is 2.73. The lowest BCUT2D eigenvalue weighted by Gasteiger charge is -2.11. The van der Waals surface area contributed by atoms with Crippen LogP contribution in [0.3, 0.4) is 0 Å². The van der Waals surface area contributed by atoms with E-state index in [1.54, 1.807) is 6.07 Å². The number of rotatable bonds is 3. The molecule has 0 aliphatic carbocycles. The van der Waals surface area contributed by atoms with Crippen LogP contribution in [0, 0.1) is 0 Å². The molecular weight excluding hydrogens is 298 g/mol. The molecule has 0 unspecified atom stereocenters. The SMILES string of the molecule is CC(C)n1cc(Br)cc1C(=O)Nc1nccnn1. The Hall–Kier alpha value is -1.76. The summed E-state index contributed by atoms with van der Waals surface area (Å²) in [6, 6.07) is 1.94. The molecule has 0 spiro atoms. The summed E-state index contributed by atoms with van der Waals surface area (Å²) in [5, 5.41) is 9.96. The standard InChI is InChI=1S/C11H12BrN5O/c1-7(2)17-6-8(12)5-9(17)10(18)15-11-13-3-4-14-16-11/h3-7H,1-2H3,(H,13,15,16,18). The molecule has 0 aliphatic rings. The maximum Gasteiger partial charge on any atom is 0.274 e. The van der Waals surface area contributed by atoms with Gasteiger partial charge in [0, 0.05) is 16.7 Å². The van der Waals surface area contributed by atoms with Crippen LogP contribution in [-0.2, 0) is 0 Å². The van der Waals surface area contributed by atoms with Crippen molar-refractivity contribution in [3.63, 3.8) is 0 Å². The molecule has 2 aromatic rings. The number of nitrogens with one attached hydrogen (secondary N) is 1. The van der Waals surface area contributed by atoms with Gasteiger partial charge in [0.25, 0.3) is 5.91 Å². The molecule has 0 aliphatic heterocycles. The van der Waals surface area contributed by atoms with Gasteiger partial charge in [-0.25, -0.2) is 4.98 Å². The summed E-state index contributed by atoms with van der Waals surface area (Å²) in [7, 11) is 0. The summed E-state index contributed by atoms with van der Waals surface area (Å²) < 4.78 is 2.73. The van der Waals surface area contributed by atoms with Gasteiger partial charge in [-0.2, -0.15) is 5.10 Å². The van der Waals surface area contributed by atoms with Crippen LogP contribution in [-0.4, -0.2) is 25.7 Å². The first-order valence-electron chi connectivity index (χ1n) is 5.40. The molecule has 2 aromatic heterocycles. The number of amides is 1. The highest BCUT2D eigenvalue weighted by molar-refractivity contribution is 9.10. The van der Waals surface area contributed by atoms with Crippen LogP contribution in [0.2, 0.25) is 0 Å². The molecule has 94 valence electrons. The van der Waals surface area contributed by atoms with Gasteiger partial charge in [-0.05, 0) is 35.8 Å². The lowest BCUT2D eigenvalue weighted by molar-refractivity contribution is 0.101. The Bertz CT molecular complexity index is 552. The molecule has 1 N–H and O–H groups in total. The lowest BCUT2D eigenvalue weighted by Crippen LogP contribution is -2.19. The highest BCUT2D eigenvalue weighted by Crippen LogP contribution is 2.19. The molecular formula is C11H12BrN5O. The third kappa shape index (κ3) is 2.73. The van der Waals surface area contributed by atoms with E-state index < -0.39 is 0 Å². The van der Waals surface area contributed by atoms with Crippen LogP contribution >= 0.6 is 15.9 Å². The van der Waals surface area contributed by atoms with E-state index in [4.69, 9.17) is 0 Å². The fourth-order valence-corrected chi connectivity index (χ4v) is 1.96. The van der Waals surface area contributed by atoms with E-state index in [1.807, 2.05) is 24.6 Å². The number of carbonyl (C=O) groups excluding carboxylic acids is 1. The number of carbonyl (C=O) groups is 1. The molecule has 0 aromatic carbocycles. The Kier molecular flexibility index (Phi) is 3.71. The van der Waals surface area contributed by atoms with Crippen molar-refractivity contribution in [3.8, 4) is 0 Å². The molecule has 2 heterocycles. The predicted octanol–water partition coefficient (Wildman–Crippen LogP) is 2.27. The fraction of sp³-hybridized carbons (Fsp3) is 0.273. The highest BCUT2D eigenvalue weighted by Gasteiger charge is 2.15. The zero-order valence-corrected chi connectivity index (χ0v) is 11.5. The molecule has 2 rings (SSSR count). The van der Waals surface area contributed by atoms with Crippen LogP contribution in [0.25, 0.3) is 0 Å². The topological polar surface area (TPSA) is 72.7 Å². The molecule has 6 nitrogen and oxygen atoms in total. The number of hydrogen-bond acceptors (Lipinski definition) is 4. The van der Waals surface area contributed by atoms with E-state index in [9.17, 15) is 4.79 Å². The molecule has 0 saturated heterocycles. The van der Waals surface area contributed by atoms with Gasteiger partial charge < -0.3 is 4.57 Å². The monoisotopic (exact) mass is 309 g/mol. The van der Waals surface area contributed by atoms with E-state index >= 15 is 0 Å². The first-order chi connectivity index (χ1) is 8.58. The van der Waals surface area contributed by atoms with Crippen molar-refractivity contribution in [1.82, 2.24) is 19.7 Å². The van der Waals surface area contributed by atoms with Gasteiger partial charge >= 0.3 is 0 Å². The van der Waals surface area contributed by atoms with Crippen molar-refractivity contribution in [2.24, 2.45) is 0 Å². The first-order valence-corrected chi connectivity index (χ1v) is 6.19. The summed E-state index contributed by atoms with van der Waals surface area (Å²) in [4.78, 5) is 16.0. The van der Waals surface area contributed by atoms with E-state index in [1.165, 1.54) is 12.4 Å². The van der Waals surface area contributed by atoms with Crippen molar-refractivity contribution in [3.05, 3.63) is 34.8 Å². The third-order valence-electron chi connectivity index (χ3n) is 2.31. The van der Waals surface area contributed by atoms with Crippen LogP contribution in [0.5, 0.6) is 0 Å². The Morgan fingerprint density at radius 1 is 1.44 bits per heavy atom. The van der Waals surface area contributed by atoms with Gasteiger partial charge in [0.1, 0.15) is 5.69 Å². The van der Waals surface area contributed by atoms with Crippen molar-refractivity contribution < 1.29 is 4.79 Å². The second-order valence-electron chi connectivity index (χ2n) is 3.97. The van der Waals surface area contributed by atoms with Gasteiger partial charge in [0.15, 0.2) is 0 Å². The maximum atomic E-state index is 12.1. The van der Waals surface area contributed by atoms with E-state index in [0.29, 0.717) is 5.69 Å². The minimum atomic E-state index is -0.262. The molecule has 0 atom stereocenters. The molecule has 0 saturated carbocycles. The number of aromatic nitrogens is 4. The quantitative estimate of drug-likeness (QED) is 0.944. The highest BCUT2D eigenvalue weighted by atomic mass is 79.9. The van der Waals surface area contributed by atoms with E-state index in [0.717, 1.165) is 4.47 Å². The van der Waals surface area contributed by atoms with Crippen LogP contribution in [0.4, 0.5) is 5.95 Å². The summed E-state index contributed by atoms with van der Waals surface area (Å²) in [5.74, 6) is -0.0717. The lowest BCUT2D eigenvalue weighted by atomic mass is 10.3. The van der Waals surface area contributed by atoms with Gasteiger partial charge in [0.2, 0.25) is 5.95 Å². The fourth-order valence-electron chi connectivity index (χ4n) is 1.53. The van der Waals surface area contributed by atoms with Gasteiger partial charge in [0.05, 0.1) is 12.4 Å². The van der Waals surface area contributed by atoms with Crippen molar-refractivity contribution in [1.29, 1.82) is 0 Å². The molecule has 0 bridgehead atoms. The molecule has 0 fully saturated rings. The predicted molar refractivity (Wildman–Crippen MR) is 70.3 cm³/mol. The van der Waals surface area contributed by atoms with Crippen molar-refractivity contribution >= 4 is 27.8 Å². The summed E-state index contributed by atoms with van der Waals surface area (Å²) in [6.07, 6.45) is 4.78. The Morgan fingerprint density at radius 2 is 2.22 bits per heavy atom. The maximum absolute atomic E-state index is 12.1. The zero-order chi connectivity index (χ0) is 13.1. The summed E-state index contributed by atoms with van der Waals surface area (Å²) >= 11 is 3.36. The Balaban J connectivity index is 2.24. The second kappa shape index (κ2) is 5.26. The van der Waals surface area contributed by atoms with Gasteiger partial charge in [-0.15, -0.1) is 5.10 Å². The number of halogens is 1. The van der Waals surface area contributed by atoms with Gasteiger partial charge in [-0.1, -0.05) is 0 Å². The van der Waals surface area contributed by atoms with Crippen molar-refractivity contribution in [2.45, 2.75) is 19.9 Å². The normalized spacial score (nSPS) is 10.7. The molecule has 1 amide bonds. The molecule has 0 radical (unpaired) electrons. The zero-order valence-electron chi connectivity index (χ0n) is 9.96. The number of hydrogen-bond donors (Lipinski definition) is 1.